The van der Waals surface area contributed by atoms with Gasteiger partial charge in [0.25, 0.3) is 0 Å². The molecule has 0 fully saturated rings. The van der Waals surface area contributed by atoms with E-state index >= 15 is 0 Å². The molecule has 3 N–H and O–H groups in total. The number of nitriles is 1. The van der Waals surface area contributed by atoms with Crippen molar-refractivity contribution in [1.82, 2.24) is 10.2 Å². The molecule has 8 heteroatoms. The Morgan fingerprint density at radius 1 is 1.06 bits per heavy atom. The summed E-state index contributed by atoms with van der Waals surface area (Å²) >= 11 is 6.07. The minimum Gasteiger partial charge on any atom is -0.420 e. The summed E-state index contributed by atoms with van der Waals surface area (Å²) in [6.07, 6.45) is 0. The van der Waals surface area contributed by atoms with Crippen molar-refractivity contribution in [2.24, 2.45) is 5.73 Å². The maximum Gasteiger partial charge on any atom is 0.248 e. The Hall–Kier alpha value is -4.54. The number of carbonyl (C=O) groups excluding carboxylic acids is 1. The molecule has 3 aromatic carbocycles. The van der Waals surface area contributed by atoms with Gasteiger partial charge < -0.3 is 15.4 Å². The fourth-order valence-electron chi connectivity index (χ4n) is 5.03. The average Bonchev–Trinajstić information content (AvgIpc) is 3.40. The number of nitrogens with two attached hydrogens (primary N) is 1. The monoisotopic (exact) mass is 479 g/mol. The third-order valence-corrected chi connectivity index (χ3v) is 6.78. The number of aromatic amines is 1. The number of para-hydroxylation sites is 1. The fraction of sp³-hybridized carbons (Fsp3) is 0.0741. The predicted molar refractivity (Wildman–Crippen MR) is 131 cm³/mol. The lowest BCUT2D eigenvalue weighted by Gasteiger charge is -2.32. The van der Waals surface area contributed by atoms with E-state index in [1.807, 2.05) is 66.7 Å². The van der Waals surface area contributed by atoms with Crippen molar-refractivity contribution in [3.63, 3.8) is 0 Å². The number of benzene rings is 3. The normalized spacial score (nSPS) is 18.3. The largest absolute Gasteiger partial charge is 0.420 e. The van der Waals surface area contributed by atoms with E-state index in [-0.39, 0.29) is 23.2 Å². The Kier molecular flexibility index (Phi) is 4.66. The van der Waals surface area contributed by atoms with Crippen molar-refractivity contribution in [2.75, 3.05) is 4.90 Å². The Morgan fingerprint density at radius 2 is 1.77 bits per heavy atom. The van der Waals surface area contributed by atoms with Crippen LogP contribution in [0.25, 0.3) is 11.3 Å². The summed E-state index contributed by atoms with van der Waals surface area (Å²) in [5.74, 6) is -0.254. The molecule has 6 rings (SSSR count). The molecule has 0 bridgehead atoms. The van der Waals surface area contributed by atoms with E-state index in [0.29, 0.717) is 34.1 Å². The predicted octanol–water partition coefficient (Wildman–Crippen LogP) is 4.65. The number of amides is 1. The number of hydrogen-bond acceptors (Lipinski definition) is 5. The minimum absolute atomic E-state index is 0.0413. The van der Waals surface area contributed by atoms with Gasteiger partial charge in [0.05, 0.1) is 17.8 Å². The highest BCUT2D eigenvalue weighted by atomic mass is 35.5. The first-order chi connectivity index (χ1) is 17.1. The molecule has 0 unspecified atom stereocenters. The third kappa shape index (κ3) is 2.90. The number of ether oxygens (including phenoxy) is 1. The number of rotatable bonds is 3. The maximum absolute atomic E-state index is 14.5. The molecule has 4 aromatic rings. The molecule has 2 aliphatic heterocycles. The number of H-pyrrole nitrogens is 1. The Bertz CT molecular complexity index is 1550. The molecule has 1 aromatic heterocycles. The van der Waals surface area contributed by atoms with Gasteiger partial charge in [-0.25, -0.2) is 0 Å². The number of aromatic nitrogens is 2. The lowest BCUT2D eigenvalue weighted by atomic mass is 9.68. The van der Waals surface area contributed by atoms with E-state index < -0.39 is 5.41 Å². The van der Waals surface area contributed by atoms with Gasteiger partial charge in [-0.15, -0.1) is 5.10 Å². The third-order valence-electron chi connectivity index (χ3n) is 6.53. The van der Waals surface area contributed by atoms with Crippen LogP contribution in [0.1, 0.15) is 16.7 Å². The second kappa shape index (κ2) is 7.76. The van der Waals surface area contributed by atoms with E-state index in [2.05, 4.69) is 16.3 Å². The van der Waals surface area contributed by atoms with Crippen molar-refractivity contribution in [1.29, 1.82) is 5.26 Å². The highest BCUT2D eigenvalue weighted by molar-refractivity contribution is 6.30. The first-order valence-corrected chi connectivity index (χ1v) is 11.3. The summed E-state index contributed by atoms with van der Waals surface area (Å²) in [5.41, 5.74) is 8.90. The molecular formula is C27H18ClN5O2. The maximum atomic E-state index is 14.5. The van der Waals surface area contributed by atoms with Gasteiger partial charge in [-0.2, -0.15) is 5.26 Å². The summed E-state index contributed by atoms with van der Waals surface area (Å²) < 4.78 is 5.76. The topological polar surface area (TPSA) is 108 Å². The van der Waals surface area contributed by atoms with Crippen LogP contribution in [0.2, 0.25) is 5.02 Å². The number of halogens is 1. The van der Waals surface area contributed by atoms with Crippen molar-refractivity contribution in [3.8, 4) is 23.2 Å². The lowest BCUT2D eigenvalue weighted by Crippen LogP contribution is -2.45. The Labute approximate surface area is 206 Å². The van der Waals surface area contributed by atoms with Crippen LogP contribution >= 0.6 is 11.6 Å². The molecule has 0 saturated heterocycles. The second-order valence-corrected chi connectivity index (χ2v) is 8.82. The summed E-state index contributed by atoms with van der Waals surface area (Å²) in [4.78, 5) is 16.2. The molecule has 170 valence electrons. The van der Waals surface area contributed by atoms with Crippen LogP contribution in [0.3, 0.4) is 0 Å². The number of nitrogens with zero attached hydrogens (tertiary/aromatic N) is 3. The highest BCUT2D eigenvalue weighted by Gasteiger charge is 2.61. The van der Waals surface area contributed by atoms with Crippen molar-refractivity contribution in [3.05, 3.63) is 112 Å². The number of fused-ring (bicyclic) bond motifs is 4. The quantitative estimate of drug-likeness (QED) is 0.444. The molecule has 0 radical (unpaired) electrons. The summed E-state index contributed by atoms with van der Waals surface area (Å²) in [6.45, 7) is 0.294. The van der Waals surface area contributed by atoms with Gasteiger partial charge in [0.1, 0.15) is 17.1 Å². The van der Waals surface area contributed by atoms with E-state index in [1.54, 1.807) is 17.0 Å². The molecular weight excluding hydrogens is 462 g/mol. The van der Waals surface area contributed by atoms with E-state index in [9.17, 15) is 10.1 Å². The fourth-order valence-corrected chi connectivity index (χ4v) is 5.16. The smallest absolute Gasteiger partial charge is 0.248 e. The van der Waals surface area contributed by atoms with Gasteiger partial charge in [0.2, 0.25) is 17.7 Å². The SMILES string of the molecule is N#CC1=C(N)Oc2n[nH]c(-c3ccccc3)c2[C@]12C(=O)N(Cc1ccc(Cl)cc1)c1ccccc12. The molecule has 1 amide bonds. The number of hydrogen-bond donors (Lipinski definition) is 2. The van der Waals surface area contributed by atoms with E-state index in [1.165, 1.54) is 0 Å². The van der Waals surface area contributed by atoms with Gasteiger partial charge in [0, 0.05) is 21.8 Å². The van der Waals surface area contributed by atoms with E-state index in [0.717, 1.165) is 11.1 Å². The minimum atomic E-state index is -1.51. The molecule has 1 atom stereocenters. The number of anilines is 1. The number of carbonyl (C=O) groups is 1. The lowest BCUT2D eigenvalue weighted by molar-refractivity contribution is -0.121. The molecule has 0 aliphatic carbocycles. The molecule has 1 spiro atoms. The van der Waals surface area contributed by atoms with Gasteiger partial charge in [-0.1, -0.05) is 72.3 Å². The van der Waals surface area contributed by atoms with Crippen LogP contribution in [0.15, 0.2) is 90.3 Å². The van der Waals surface area contributed by atoms with Gasteiger partial charge in [-0.3, -0.25) is 9.89 Å². The summed E-state index contributed by atoms with van der Waals surface area (Å²) in [7, 11) is 0. The summed E-state index contributed by atoms with van der Waals surface area (Å²) in [6, 6.07) is 26.5. The number of nitrogens with one attached hydrogen (secondary N) is 1. The van der Waals surface area contributed by atoms with Gasteiger partial charge >= 0.3 is 0 Å². The molecule has 2 aliphatic rings. The van der Waals surface area contributed by atoms with Gasteiger partial charge in [0.15, 0.2) is 0 Å². The first kappa shape index (κ1) is 21.0. The summed E-state index contributed by atoms with van der Waals surface area (Å²) in [5, 5.41) is 18.2. The Balaban J connectivity index is 1.63. The van der Waals surface area contributed by atoms with Crippen LogP contribution in [-0.2, 0) is 16.8 Å². The van der Waals surface area contributed by atoms with Crippen LogP contribution < -0.4 is 15.4 Å². The highest BCUT2D eigenvalue weighted by Crippen LogP contribution is 2.57. The van der Waals surface area contributed by atoms with Crippen molar-refractivity contribution < 1.29 is 9.53 Å². The zero-order chi connectivity index (χ0) is 24.2. The average molecular weight is 480 g/mol. The molecule has 0 saturated carbocycles. The van der Waals surface area contributed by atoms with Crippen LogP contribution in [0.4, 0.5) is 5.69 Å². The van der Waals surface area contributed by atoms with Crippen LogP contribution in [-0.4, -0.2) is 16.1 Å². The van der Waals surface area contributed by atoms with E-state index in [4.69, 9.17) is 22.1 Å². The van der Waals surface area contributed by atoms with Crippen LogP contribution in [0, 0.1) is 11.3 Å². The van der Waals surface area contributed by atoms with Crippen LogP contribution in [0.5, 0.6) is 5.88 Å². The zero-order valence-corrected chi connectivity index (χ0v) is 19.1. The molecule has 3 heterocycles. The zero-order valence-electron chi connectivity index (χ0n) is 18.3. The first-order valence-electron chi connectivity index (χ1n) is 10.9. The molecule has 7 nitrogen and oxygen atoms in total. The second-order valence-electron chi connectivity index (χ2n) is 8.38. The van der Waals surface area contributed by atoms with Gasteiger partial charge in [-0.05, 0) is 23.8 Å². The standard InChI is InChI=1S/C27H18ClN5O2/c28-18-12-10-16(11-13-18)15-33-21-9-5-4-8-19(21)27(26(33)34)20(14-29)24(30)35-25-22(27)23(31-32-25)17-6-2-1-3-7-17/h1-13H,15,30H2,(H,31,32)/t27-/m1/s1. The van der Waals surface area contributed by atoms with Crippen molar-refractivity contribution in [2.45, 2.75) is 12.0 Å². The molecule has 35 heavy (non-hydrogen) atoms. The Morgan fingerprint density at radius 3 is 2.51 bits per heavy atom. The van der Waals surface area contributed by atoms with Crippen molar-refractivity contribution >= 4 is 23.2 Å².